The maximum atomic E-state index is 12.6. The summed E-state index contributed by atoms with van der Waals surface area (Å²) in [5.74, 6) is -0.406. The number of hydrogen-bond acceptors (Lipinski definition) is 8. The van der Waals surface area contributed by atoms with Crippen molar-refractivity contribution in [1.82, 2.24) is 9.29 Å². The first-order chi connectivity index (χ1) is 13.5. The quantitative estimate of drug-likeness (QED) is 0.550. The standard InChI is InChI=1S/C18H18N2O5S3/c21-17(25-12-16-19-14-3-1-2-4-15(14)27-16)11-13-5-6-18(26-13)28(22,23)20-7-9-24-10-8-20/h1-6H,7-12H2. The molecule has 1 saturated heterocycles. The van der Waals surface area contributed by atoms with E-state index in [4.69, 9.17) is 9.47 Å². The number of carbonyl (C=O) groups excluding carboxylic acids is 1. The van der Waals surface area contributed by atoms with E-state index in [0.717, 1.165) is 26.6 Å². The average molecular weight is 439 g/mol. The lowest BCUT2D eigenvalue weighted by molar-refractivity contribution is -0.144. The topological polar surface area (TPSA) is 85.8 Å². The van der Waals surface area contributed by atoms with Crippen LogP contribution in [0.3, 0.4) is 0 Å². The number of ether oxygens (including phenoxy) is 2. The molecular weight excluding hydrogens is 420 g/mol. The molecule has 10 heteroatoms. The molecule has 1 aromatic carbocycles. The van der Waals surface area contributed by atoms with E-state index in [9.17, 15) is 13.2 Å². The van der Waals surface area contributed by atoms with Gasteiger partial charge in [-0.3, -0.25) is 4.79 Å². The van der Waals surface area contributed by atoms with Gasteiger partial charge in [-0.2, -0.15) is 4.31 Å². The fourth-order valence-corrected chi connectivity index (χ4v) is 6.61. The Bertz CT molecular complexity index is 1050. The third-order valence-electron chi connectivity index (χ3n) is 4.21. The minimum atomic E-state index is -3.54. The lowest BCUT2D eigenvalue weighted by atomic mass is 10.3. The highest BCUT2D eigenvalue weighted by Crippen LogP contribution is 2.26. The Labute approximate surface area is 170 Å². The zero-order valence-corrected chi connectivity index (χ0v) is 17.3. The first-order valence-electron chi connectivity index (χ1n) is 8.69. The number of nitrogens with zero attached hydrogens (tertiary/aromatic N) is 2. The van der Waals surface area contributed by atoms with E-state index in [1.807, 2.05) is 24.3 Å². The molecule has 3 aromatic rings. The molecule has 7 nitrogen and oxygen atoms in total. The van der Waals surface area contributed by atoms with Crippen molar-refractivity contribution in [3.63, 3.8) is 0 Å². The van der Waals surface area contributed by atoms with Gasteiger partial charge in [-0.05, 0) is 24.3 Å². The highest BCUT2D eigenvalue weighted by atomic mass is 32.2. The van der Waals surface area contributed by atoms with Gasteiger partial charge in [0.05, 0.1) is 29.9 Å². The van der Waals surface area contributed by atoms with Gasteiger partial charge in [0.15, 0.2) is 0 Å². The number of benzene rings is 1. The van der Waals surface area contributed by atoms with Gasteiger partial charge in [-0.1, -0.05) is 12.1 Å². The molecular formula is C18H18N2O5S3. The van der Waals surface area contributed by atoms with E-state index in [2.05, 4.69) is 4.98 Å². The van der Waals surface area contributed by atoms with Crippen molar-refractivity contribution in [3.05, 3.63) is 46.3 Å². The van der Waals surface area contributed by atoms with Crippen LogP contribution in [0.2, 0.25) is 0 Å². The third-order valence-corrected chi connectivity index (χ3v) is 8.68. The molecule has 148 valence electrons. The molecule has 2 aromatic heterocycles. The van der Waals surface area contributed by atoms with Gasteiger partial charge >= 0.3 is 5.97 Å². The fourth-order valence-electron chi connectivity index (χ4n) is 2.82. The predicted octanol–water partition coefficient (Wildman–Crippen LogP) is 2.66. The summed E-state index contributed by atoms with van der Waals surface area (Å²) in [4.78, 5) is 17.2. The number of carbonyl (C=O) groups is 1. The molecule has 1 aliphatic rings. The number of thiazole rings is 1. The van der Waals surface area contributed by atoms with Crippen LogP contribution in [0.4, 0.5) is 0 Å². The molecule has 0 N–H and O–H groups in total. The van der Waals surface area contributed by atoms with Crippen molar-refractivity contribution >= 4 is 48.9 Å². The summed E-state index contributed by atoms with van der Waals surface area (Å²) in [5, 5.41) is 0.733. The Morgan fingerprint density at radius 3 is 2.71 bits per heavy atom. The van der Waals surface area contributed by atoms with Gasteiger partial charge in [0.25, 0.3) is 10.0 Å². The maximum absolute atomic E-state index is 12.6. The molecule has 1 aliphatic heterocycles. The molecule has 0 spiro atoms. The van der Waals surface area contributed by atoms with Crippen molar-refractivity contribution in [2.24, 2.45) is 0 Å². The Kier molecular flexibility index (Phi) is 5.74. The van der Waals surface area contributed by atoms with Crippen molar-refractivity contribution in [3.8, 4) is 0 Å². The van der Waals surface area contributed by atoms with Gasteiger partial charge in [-0.25, -0.2) is 13.4 Å². The van der Waals surface area contributed by atoms with E-state index in [1.165, 1.54) is 15.6 Å². The summed E-state index contributed by atoms with van der Waals surface area (Å²) in [7, 11) is -3.54. The minimum Gasteiger partial charge on any atom is -0.458 e. The van der Waals surface area contributed by atoms with Crippen LogP contribution >= 0.6 is 22.7 Å². The fraction of sp³-hybridized carbons (Fsp3) is 0.333. The number of para-hydroxylation sites is 1. The number of hydrogen-bond donors (Lipinski definition) is 0. The Morgan fingerprint density at radius 1 is 1.14 bits per heavy atom. The van der Waals surface area contributed by atoms with Gasteiger partial charge in [0, 0.05) is 18.0 Å². The highest BCUT2D eigenvalue weighted by Gasteiger charge is 2.28. The molecule has 0 aliphatic carbocycles. The molecule has 28 heavy (non-hydrogen) atoms. The zero-order valence-electron chi connectivity index (χ0n) is 14.9. The van der Waals surface area contributed by atoms with Crippen LogP contribution in [0.25, 0.3) is 10.2 Å². The second-order valence-corrected chi connectivity index (χ2v) is 10.6. The first kappa shape index (κ1) is 19.5. The Balaban J connectivity index is 1.36. The molecule has 0 bridgehead atoms. The number of morpholine rings is 1. The van der Waals surface area contributed by atoms with Crippen LogP contribution in [-0.4, -0.2) is 50.0 Å². The van der Waals surface area contributed by atoms with Crippen molar-refractivity contribution in [2.75, 3.05) is 26.3 Å². The summed E-state index contributed by atoms with van der Waals surface area (Å²) in [5.41, 5.74) is 0.884. The second kappa shape index (κ2) is 8.26. The summed E-state index contributed by atoms with van der Waals surface area (Å²) in [6, 6.07) is 11.0. The normalized spacial score (nSPS) is 15.7. The van der Waals surface area contributed by atoms with Crippen LogP contribution in [0.5, 0.6) is 0 Å². The number of aromatic nitrogens is 1. The number of rotatable bonds is 6. The number of sulfonamides is 1. The number of fused-ring (bicyclic) bond motifs is 1. The van der Waals surface area contributed by atoms with Crippen molar-refractivity contribution in [2.45, 2.75) is 17.2 Å². The summed E-state index contributed by atoms with van der Waals surface area (Å²) >= 11 is 2.59. The van der Waals surface area contributed by atoms with Crippen molar-refractivity contribution in [1.29, 1.82) is 0 Å². The summed E-state index contributed by atoms with van der Waals surface area (Å²) < 4.78 is 38.5. The van der Waals surface area contributed by atoms with E-state index in [0.29, 0.717) is 31.2 Å². The van der Waals surface area contributed by atoms with Crippen LogP contribution in [0.15, 0.2) is 40.6 Å². The Morgan fingerprint density at radius 2 is 1.93 bits per heavy atom. The minimum absolute atomic E-state index is 0.0359. The van der Waals surface area contributed by atoms with E-state index < -0.39 is 16.0 Å². The molecule has 4 rings (SSSR count). The average Bonchev–Trinajstić information content (AvgIpc) is 3.34. The molecule has 0 saturated carbocycles. The van der Waals surface area contributed by atoms with Gasteiger partial charge < -0.3 is 9.47 Å². The molecule has 0 amide bonds. The molecule has 3 heterocycles. The lowest BCUT2D eigenvalue weighted by Gasteiger charge is -2.25. The van der Waals surface area contributed by atoms with Gasteiger partial charge in [-0.15, -0.1) is 22.7 Å². The monoisotopic (exact) mass is 438 g/mol. The predicted molar refractivity (Wildman–Crippen MR) is 107 cm³/mol. The zero-order chi connectivity index (χ0) is 19.6. The van der Waals surface area contributed by atoms with Crippen molar-refractivity contribution < 1.29 is 22.7 Å². The third kappa shape index (κ3) is 4.26. The second-order valence-electron chi connectivity index (χ2n) is 6.15. The summed E-state index contributed by atoms with van der Waals surface area (Å²) in [6.45, 7) is 1.60. The number of esters is 1. The van der Waals surface area contributed by atoms with Crippen LogP contribution in [-0.2, 0) is 37.3 Å². The van der Waals surface area contributed by atoms with Gasteiger partial charge in [0.1, 0.15) is 15.8 Å². The number of thiophene rings is 1. The van der Waals surface area contributed by atoms with E-state index in [-0.39, 0.29) is 17.2 Å². The molecule has 0 unspecified atom stereocenters. The lowest BCUT2D eigenvalue weighted by Crippen LogP contribution is -2.40. The molecule has 0 atom stereocenters. The highest BCUT2D eigenvalue weighted by molar-refractivity contribution is 7.91. The smallest absolute Gasteiger partial charge is 0.311 e. The maximum Gasteiger partial charge on any atom is 0.311 e. The van der Waals surface area contributed by atoms with Crippen LogP contribution in [0.1, 0.15) is 9.88 Å². The molecule has 1 fully saturated rings. The Hall–Kier alpha value is -1.85. The van der Waals surface area contributed by atoms with E-state index >= 15 is 0 Å². The largest absolute Gasteiger partial charge is 0.458 e. The SMILES string of the molecule is O=C(Cc1ccc(S(=O)(=O)N2CCOCC2)s1)OCc1nc2ccccc2s1. The van der Waals surface area contributed by atoms with E-state index in [1.54, 1.807) is 12.1 Å². The molecule has 0 radical (unpaired) electrons. The van der Waals surface area contributed by atoms with Crippen LogP contribution in [0, 0.1) is 0 Å². The first-order valence-corrected chi connectivity index (χ1v) is 11.8. The summed E-state index contributed by atoms with van der Waals surface area (Å²) in [6.07, 6.45) is 0.0359. The van der Waals surface area contributed by atoms with Crippen LogP contribution < -0.4 is 0 Å². The van der Waals surface area contributed by atoms with Gasteiger partial charge in [0.2, 0.25) is 0 Å².